The summed E-state index contributed by atoms with van der Waals surface area (Å²) in [5.41, 5.74) is 3.51. The fourth-order valence-electron chi connectivity index (χ4n) is 2.07. The molecule has 2 aromatic heterocycles. The van der Waals surface area contributed by atoms with Crippen molar-refractivity contribution < 1.29 is 4.74 Å². The number of ether oxygens (including phenoxy) is 1. The molecule has 4 heteroatoms. The number of aryl methyl sites for hydroxylation is 2. The first-order valence-corrected chi connectivity index (χ1v) is 6.60. The van der Waals surface area contributed by atoms with Crippen molar-refractivity contribution >= 4 is 16.3 Å². The molecule has 0 fully saturated rings. The molecule has 0 atom stereocenters. The summed E-state index contributed by atoms with van der Waals surface area (Å²) in [5.74, 6) is 0.883. The number of hydrogen-bond acceptors (Lipinski definition) is 3. The molecule has 3 nitrogen and oxygen atoms in total. The average molecular weight is 258 g/mol. The normalized spacial score (nSPS) is 11.1. The minimum atomic E-state index is 0.883. The first-order chi connectivity index (χ1) is 8.69. The Labute approximate surface area is 110 Å². The Balaban J connectivity index is 2.12. The topological polar surface area (TPSA) is 26.5 Å². The Hall–Kier alpha value is -1.81. The molecule has 1 aromatic carbocycles. The Kier molecular flexibility index (Phi) is 2.59. The fraction of sp³-hybridized carbons (Fsp3) is 0.214. The summed E-state index contributed by atoms with van der Waals surface area (Å²) >= 11 is 1.72. The first-order valence-electron chi connectivity index (χ1n) is 5.78. The highest BCUT2D eigenvalue weighted by Crippen LogP contribution is 2.33. The Morgan fingerprint density at radius 2 is 1.89 bits per heavy atom. The number of aromatic nitrogens is 2. The second-order valence-electron chi connectivity index (χ2n) is 4.28. The number of methoxy groups -OCH3 is 1. The number of nitrogens with zero attached hydrogens (tertiary/aromatic N) is 2. The average Bonchev–Trinajstić information content (AvgIpc) is 2.88. The van der Waals surface area contributed by atoms with Crippen molar-refractivity contribution in [2.75, 3.05) is 7.11 Å². The van der Waals surface area contributed by atoms with Crippen LogP contribution in [0.25, 0.3) is 15.4 Å². The van der Waals surface area contributed by atoms with Crippen LogP contribution in [0, 0.1) is 13.8 Å². The standard InChI is InChI=1S/C14H14N2OS/c1-9-8-16-10(2)13(18-14(16)15-9)11-4-6-12(17-3)7-5-11/h4-8H,1-3H3. The molecule has 0 N–H and O–H groups in total. The molecule has 0 aliphatic carbocycles. The number of benzene rings is 1. The Morgan fingerprint density at radius 3 is 2.50 bits per heavy atom. The second kappa shape index (κ2) is 4.14. The maximum atomic E-state index is 5.18. The summed E-state index contributed by atoms with van der Waals surface area (Å²) in [5, 5.41) is 0. The molecular weight excluding hydrogens is 244 g/mol. The highest BCUT2D eigenvalue weighted by Gasteiger charge is 2.11. The Bertz CT molecular complexity index is 694. The van der Waals surface area contributed by atoms with Crippen LogP contribution in [0.1, 0.15) is 11.4 Å². The lowest BCUT2D eigenvalue weighted by molar-refractivity contribution is 0.415. The zero-order chi connectivity index (χ0) is 12.7. The summed E-state index contributed by atoms with van der Waals surface area (Å²) in [6.07, 6.45) is 2.08. The molecule has 0 radical (unpaired) electrons. The Morgan fingerprint density at radius 1 is 1.17 bits per heavy atom. The lowest BCUT2D eigenvalue weighted by atomic mass is 10.1. The third kappa shape index (κ3) is 1.69. The van der Waals surface area contributed by atoms with E-state index in [1.165, 1.54) is 16.1 Å². The molecule has 3 aromatic rings. The summed E-state index contributed by atoms with van der Waals surface area (Å²) < 4.78 is 7.33. The van der Waals surface area contributed by atoms with Gasteiger partial charge in [-0.05, 0) is 43.7 Å². The van der Waals surface area contributed by atoms with E-state index in [0.29, 0.717) is 0 Å². The fourth-order valence-corrected chi connectivity index (χ4v) is 3.23. The van der Waals surface area contributed by atoms with E-state index in [4.69, 9.17) is 4.74 Å². The van der Waals surface area contributed by atoms with Gasteiger partial charge in [0.15, 0.2) is 4.96 Å². The van der Waals surface area contributed by atoms with Gasteiger partial charge in [-0.1, -0.05) is 11.3 Å². The molecule has 18 heavy (non-hydrogen) atoms. The zero-order valence-electron chi connectivity index (χ0n) is 10.6. The molecule has 92 valence electrons. The number of rotatable bonds is 2. The summed E-state index contributed by atoms with van der Waals surface area (Å²) in [6, 6.07) is 8.15. The van der Waals surface area contributed by atoms with Crippen LogP contribution in [0.3, 0.4) is 0 Å². The van der Waals surface area contributed by atoms with E-state index in [0.717, 1.165) is 16.4 Å². The zero-order valence-corrected chi connectivity index (χ0v) is 11.4. The van der Waals surface area contributed by atoms with E-state index in [2.05, 4.69) is 34.6 Å². The second-order valence-corrected chi connectivity index (χ2v) is 5.26. The van der Waals surface area contributed by atoms with E-state index in [1.807, 2.05) is 19.1 Å². The van der Waals surface area contributed by atoms with Crippen LogP contribution >= 0.6 is 11.3 Å². The van der Waals surface area contributed by atoms with Crippen molar-refractivity contribution in [2.24, 2.45) is 0 Å². The van der Waals surface area contributed by atoms with Gasteiger partial charge in [0.1, 0.15) is 5.75 Å². The highest BCUT2D eigenvalue weighted by atomic mass is 32.1. The van der Waals surface area contributed by atoms with Crippen LogP contribution in [-0.2, 0) is 0 Å². The van der Waals surface area contributed by atoms with Crippen molar-refractivity contribution in [1.82, 2.24) is 9.38 Å². The molecule has 0 aliphatic heterocycles. The molecule has 0 spiro atoms. The van der Waals surface area contributed by atoms with Gasteiger partial charge < -0.3 is 4.74 Å². The number of fused-ring (bicyclic) bond motifs is 1. The maximum Gasteiger partial charge on any atom is 0.194 e. The third-order valence-corrected chi connectivity index (χ3v) is 4.24. The van der Waals surface area contributed by atoms with Gasteiger partial charge in [0, 0.05) is 11.9 Å². The monoisotopic (exact) mass is 258 g/mol. The minimum Gasteiger partial charge on any atom is -0.497 e. The molecule has 0 unspecified atom stereocenters. The van der Waals surface area contributed by atoms with Crippen molar-refractivity contribution in [2.45, 2.75) is 13.8 Å². The van der Waals surface area contributed by atoms with Gasteiger partial charge >= 0.3 is 0 Å². The number of imidazole rings is 1. The van der Waals surface area contributed by atoms with Crippen molar-refractivity contribution in [3.8, 4) is 16.2 Å². The quantitative estimate of drug-likeness (QED) is 0.701. The predicted molar refractivity (Wildman–Crippen MR) is 74.5 cm³/mol. The minimum absolute atomic E-state index is 0.883. The van der Waals surface area contributed by atoms with E-state index >= 15 is 0 Å². The van der Waals surface area contributed by atoms with Crippen LogP contribution in [0.15, 0.2) is 30.5 Å². The van der Waals surface area contributed by atoms with Crippen LogP contribution in [0.4, 0.5) is 0 Å². The third-order valence-electron chi connectivity index (χ3n) is 3.03. The van der Waals surface area contributed by atoms with Gasteiger partial charge in [-0.3, -0.25) is 4.40 Å². The molecule has 0 bridgehead atoms. The van der Waals surface area contributed by atoms with E-state index in [-0.39, 0.29) is 0 Å². The van der Waals surface area contributed by atoms with Gasteiger partial charge in [-0.15, -0.1) is 0 Å². The summed E-state index contributed by atoms with van der Waals surface area (Å²) in [4.78, 5) is 6.83. The lowest BCUT2D eigenvalue weighted by Gasteiger charge is -2.02. The lowest BCUT2D eigenvalue weighted by Crippen LogP contribution is -1.85. The molecule has 2 heterocycles. The van der Waals surface area contributed by atoms with Gasteiger partial charge in [-0.2, -0.15) is 0 Å². The van der Waals surface area contributed by atoms with Crippen LogP contribution < -0.4 is 4.74 Å². The van der Waals surface area contributed by atoms with Crippen molar-refractivity contribution in [3.63, 3.8) is 0 Å². The largest absolute Gasteiger partial charge is 0.497 e. The summed E-state index contributed by atoms with van der Waals surface area (Å²) in [7, 11) is 1.68. The smallest absolute Gasteiger partial charge is 0.194 e. The summed E-state index contributed by atoms with van der Waals surface area (Å²) in [6.45, 7) is 4.15. The molecule has 0 saturated carbocycles. The highest BCUT2D eigenvalue weighted by molar-refractivity contribution is 7.20. The number of thiazole rings is 1. The maximum absolute atomic E-state index is 5.18. The molecule has 0 saturated heterocycles. The predicted octanol–water partition coefficient (Wildman–Crippen LogP) is 3.69. The van der Waals surface area contributed by atoms with Gasteiger partial charge in [0.25, 0.3) is 0 Å². The molecule has 0 amide bonds. The molecule has 3 rings (SSSR count). The van der Waals surface area contributed by atoms with Crippen LogP contribution in [-0.4, -0.2) is 16.5 Å². The first kappa shape index (κ1) is 11.3. The van der Waals surface area contributed by atoms with Crippen LogP contribution in [0.2, 0.25) is 0 Å². The molecule has 0 aliphatic rings. The number of hydrogen-bond donors (Lipinski definition) is 0. The van der Waals surface area contributed by atoms with Gasteiger partial charge in [-0.25, -0.2) is 4.98 Å². The van der Waals surface area contributed by atoms with Crippen molar-refractivity contribution in [1.29, 1.82) is 0 Å². The molecular formula is C14H14N2OS. The van der Waals surface area contributed by atoms with Gasteiger partial charge in [0.05, 0.1) is 17.7 Å². The van der Waals surface area contributed by atoms with Crippen LogP contribution in [0.5, 0.6) is 5.75 Å². The van der Waals surface area contributed by atoms with E-state index < -0.39 is 0 Å². The SMILES string of the molecule is COc1ccc(-c2sc3nc(C)cn3c2C)cc1. The van der Waals surface area contributed by atoms with Crippen molar-refractivity contribution in [3.05, 3.63) is 41.9 Å². The van der Waals surface area contributed by atoms with E-state index in [1.54, 1.807) is 18.4 Å². The van der Waals surface area contributed by atoms with E-state index in [9.17, 15) is 0 Å². The van der Waals surface area contributed by atoms with Gasteiger partial charge in [0.2, 0.25) is 0 Å².